The molecule has 2 aromatic carbocycles. The van der Waals surface area contributed by atoms with Gasteiger partial charge in [0.2, 0.25) is 0 Å². The van der Waals surface area contributed by atoms with Gasteiger partial charge in [-0.25, -0.2) is 4.79 Å². The molecule has 2 N–H and O–H groups in total. The number of nitrogens with zero attached hydrogens (tertiary/aromatic N) is 2. The van der Waals surface area contributed by atoms with Gasteiger partial charge < -0.3 is 15.4 Å². The molecule has 1 aliphatic rings. The number of urea groups is 1. The lowest BCUT2D eigenvalue weighted by molar-refractivity contribution is 0.251. The highest BCUT2D eigenvalue weighted by Gasteiger charge is 2.29. The fourth-order valence-corrected chi connectivity index (χ4v) is 3.45. The van der Waals surface area contributed by atoms with Crippen molar-refractivity contribution in [3.05, 3.63) is 54.4 Å². The number of aromatic nitrogens is 2. The van der Waals surface area contributed by atoms with E-state index in [9.17, 15) is 4.79 Å². The number of nitrogens with one attached hydrogen (secondary N) is 2. The van der Waals surface area contributed by atoms with E-state index in [1.165, 1.54) is 12.8 Å². The third kappa shape index (κ3) is 3.74. The molecule has 1 heterocycles. The Bertz CT molecular complexity index is 962. The van der Waals surface area contributed by atoms with Crippen LogP contribution >= 0.6 is 0 Å². The second-order valence-corrected chi connectivity index (χ2v) is 7.06. The molecule has 0 spiro atoms. The van der Waals surface area contributed by atoms with Crippen LogP contribution in [0, 0.1) is 5.92 Å². The Morgan fingerprint density at radius 2 is 2.11 bits per heavy atom. The Morgan fingerprint density at radius 3 is 2.89 bits per heavy atom. The zero-order chi connectivity index (χ0) is 18.8. The summed E-state index contributed by atoms with van der Waals surface area (Å²) in [6, 6.07) is 12.1. The molecule has 1 saturated carbocycles. The standard InChI is InChI=1S/C21H24N4O2/c1-14(15-7-8-15)25-13-17(11-23-25)24-21(26)22-12-19-18-6-4-3-5-16(18)9-10-20(19)27-2/h3-6,9-11,13-15H,7-8,12H2,1-2H3,(H2,22,24,26). The Hall–Kier alpha value is -3.02. The summed E-state index contributed by atoms with van der Waals surface area (Å²) in [5.74, 6) is 1.48. The maximum atomic E-state index is 12.3. The van der Waals surface area contributed by atoms with Crippen LogP contribution in [0.2, 0.25) is 0 Å². The first-order valence-corrected chi connectivity index (χ1v) is 9.29. The molecule has 1 atom stereocenters. The quantitative estimate of drug-likeness (QED) is 0.684. The van der Waals surface area contributed by atoms with E-state index in [1.54, 1.807) is 13.3 Å². The molecule has 4 rings (SSSR count). The molecule has 1 fully saturated rings. The fraction of sp³-hybridized carbons (Fsp3) is 0.333. The lowest BCUT2D eigenvalue weighted by atomic mass is 10.0. The molecule has 140 valence electrons. The Balaban J connectivity index is 1.43. The van der Waals surface area contributed by atoms with Gasteiger partial charge in [0.15, 0.2) is 0 Å². The van der Waals surface area contributed by atoms with Crippen LogP contribution in [-0.2, 0) is 6.54 Å². The SMILES string of the molecule is COc1ccc2ccccc2c1CNC(=O)Nc1cnn(C(C)C2CC2)c1. The highest BCUT2D eigenvalue weighted by Crippen LogP contribution is 2.39. The Kier molecular flexibility index (Phi) is 4.71. The lowest BCUT2D eigenvalue weighted by Gasteiger charge is -2.13. The van der Waals surface area contributed by atoms with Gasteiger partial charge in [-0.2, -0.15) is 5.10 Å². The first-order chi connectivity index (χ1) is 13.2. The lowest BCUT2D eigenvalue weighted by Crippen LogP contribution is -2.28. The summed E-state index contributed by atoms with van der Waals surface area (Å²) in [6.45, 7) is 2.55. The van der Waals surface area contributed by atoms with E-state index in [0.29, 0.717) is 24.2 Å². The van der Waals surface area contributed by atoms with Gasteiger partial charge in [0.1, 0.15) is 5.75 Å². The predicted octanol–water partition coefficient (Wildman–Crippen LogP) is 4.34. The number of rotatable bonds is 6. The number of anilines is 1. The summed E-state index contributed by atoms with van der Waals surface area (Å²) in [6.07, 6.45) is 6.10. The monoisotopic (exact) mass is 364 g/mol. The number of ether oxygens (including phenoxy) is 1. The van der Waals surface area contributed by atoms with Crippen molar-refractivity contribution < 1.29 is 9.53 Å². The van der Waals surface area contributed by atoms with Crippen LogP contribution in [0.15, 0.2) is 48.8 Å². The van der Waals surface area contributed by atoms with Crippen molar-refractivity contribution in [3.63, 3.8) is 0 Å². The molecule has 2 amide bonds. The molecule has 1 aliphatic carbocycles. The molecule has 6 nitrogen and oxygen atoms in total. The van der Waals surface area contributed by atoms with Gasteiger partial charge in [-0.15, -0.1) is 0 Å². The molecular weight excluding hydrogens is 340 g/mol. The van der Waals surface area contributed by atoms with E-state index in [-0.39, 0.29) is 6.03 Å². The molecule has 1 unspecified atom stereocenters. The van der Waals surface area contributed by atoms with E-state index in [4.69, 9.17) is 4.74 Å². The number of amides is 2. The minimum atomic E-state index is -0.261. The molecule has 0 aliphatic heterocycles. The highest BCUT2D eigenvalue weighted by atomic mass is 16.5. The summed E-state index contributed by atoms with van der Waals surface area (Å²) >= 11 is 0. The Morgan fingerprint density at radius 1 is 1.30 bits per heavy atom. The van der Waals surface area contributed by atoms with Crippen LogP contribution in [-0.4, -0.2) is 22.9 Å². The van der Waals surface area contributed by atoms with Crippen molar-refractivity contribution in [1.82, 2.24) is 15.1 Å². The van der Waals surface area contributed by atoms with E-state index in [1.807, 2.05) is 47.3 Å². The molecule has 0 bridgehead atoms. The normalized spacial score (nSPS) is 14.7. The molecule has 3 aromatic rings. The first-order valence-electron chi connectivity index (χ1n) is 9.29. The number of fused-ring (bicyclic) bond motifs is 1. The average Bonchev–Trinajstić information content (AvgIpc) is 3.44. The van der Waals surface area contributed by atoms with E-state index in [2.05, 4.69) is 22.7 Å². The topological polar surface area (TPSA) is 68.2 Å². The van der Waals surface area contributed by atoms with Gasteiger partial charge in [0.05, 0.1) is 25.0 Å². The van der Waals surface area contributed by atoms with Crippen LogP contribution in [0.1, 0.15) is 31.4 Å². The summed E-state index contributed by atoms with van der Waals surface area (Å²) in [5.41, 5.74) is 1.66. The zero-order valence-electron chi connectivity index (χ0n) is 15.6. The minimum absolute atomic E-state index is 0.261. The molecule has 0 saturated heterocycles. The van der Waals surface area contributed by atoms with Crippen molar-refractivity contribution in [1.29, 1.82) is 0 Å². The van der Waals surface area contributed by atoms with Crippen LogP contribution in [0.5, 0.6) is 5.75 Å². The number of carbonyl (C=O) groups excluding carboxylic acids is 1. The van der Waals surface area contributed by atoms with E-state index in [0.717, 1.165) is 22.1 Å². The Labute approximate surface area is 158 Å². The molecule has 1 aromatic heterocycles. The smallest absolute Gasteiger partial charge is 0.319 e. The number of carbonyl (C=O) groups is 1. The third-order valence-corrected chi connectivity index (χ3v) is 5.22. The van der Waals surface area contributed by atoms with Gasteiger partial charge in [0.25, 0.3) is 0 Å². The van der Waals surface area contributed by atoms with Crippen LogP contribution in [0.25, 0.3) is 10.8 Å². The summed E-state index contributed by atoms with van der Waals surface area (Å²) < 4.78 is 7.41. The summed E-state index contributed by atoms with van der Waals surface area (Å²) in [7, 11) is 1.64. The number of benzene rings is 2. The zero-order valence-corrected chi connectivity index (χ0v) is 15.6. The fourth-order valence-electron chi connectivity index (χ4n) is 3.45. The van der Waals surface area contributed by atoms with Gasteiger partial charge in [-0.1, -0.05) is 30.3 Å². The second-order valence-electron chi connectivity index (χ2n) is 7.06. The average molecular weight is 364 g/mol. The van der Waals surface area contributed by atoms with Crippen LogP contribution in [0.4, 0.5) is 10.5 Å². The predicted molar refractivity (Wildman–Crippen MR) is 106 cm³/mol. The van der Waals surface area contributed by atoms with Gasteiger partial charge >= 0.3 is 6.03 Å². The molecule has 0 radical (unpaired) electrons. The van der Waals surface area contributed by atoms with Crippen molar-refractivity contribution in [3.8, 4) is 5.75 Å². The third-order valence-electron chi connectivity index (χ3n) is 5.22. The highest BCUT2D eigenvalue weighted by molar-refractivity contribution is 5.91. The van der Waals surface area contributed by atoms with Crippen molar-refractivity contribution in [2.24, 2.45) is 5.92 Å². The first kappa shape index (κ1) is 17.4. The van der Waals surface area contributed by atoms with Crippen LogP contribution < -0.4 is 15.4 Å². The van der Waals surface area contributed by atoms with E-state index >= 15 is 0 Å². The van der Waals surface area contributed by atoms with Crippen molar-refractivity contribution in [2.75, 3.05) is 12.4 Å². The van der Waals surface area contributed by atoms with E-state index < -0.39 is 0 Å². The minimum Gasteiger partial charge on any atom is -0.496 e. The number of methoxy groups -OCH3 is 1. The van der Waals surface area contributed by atoms with Crippen molar-refractivity contribution >= 4 is 22.5 Å². The molecular formula is C21H24N4O2. The van der Waals surface area contributed by atoms with Crippen molar-refractivity contribution in [2.45, 2.75) is 32.4 Å². The maximum Gasteiger partial charge on any atom is 0.319 e. The van der Waals surface area contributed by atoms with Gasteiger partial charge in [0, 0.05) is 18.3 Å². The number of hydrogen-bond acceptors (Lipinski definition) is 3. The van der Waals surface area contributed by atoms with Gasteiger partial charge in [-0.3, -0.25) is 4.68 Å². The molecule has 27 heavy (non-hydrogen) atoms. The van der Waals surface area contributed by atoms with Crippen LogP contribution in [0.3, 0.4) is 0 Å². The molecule has 6 heteroatoms. The van der Waals surface area contributed by atoms with Gasteiger partial charge in [-0.05, 0) is 42.5 Å². The number of hydrogen-bond donors (Lipinski definition) is 2. The maximum absolute atomic E-state index is 12.3. The largest absolute Gasteiger partial charge is 0.496 e. The summed E-state index contributed by atoms with van der Waals surface area (Å²) in [5, 5.41) is 12.3. The second kappa shape index (κ2) is 7.31. The summed E-state index contributed by atoms with van der Waals surface area (Å²) in [4.78, 5) is 12.3.